The summed E-state index contributed by atoms with van der Waals surface area (Å²) in [5, 5.41) is 4.01. The van der Waals surface area contributed by atoms with Crippen LogP contribution in [0.4, 0.5) is 0 Å². The summed E-state index contributed by atoms with van der Waals surface area (Å²) in [4.78, 5) is 0. The lowest BCUT2D eigenvalue weighted by molar-refractivity contribution is 0.0234. The van der Waals surface area contributed by atoms with Gasteiger partial charge in [0.1, 0.15) is 0 Å². The molecule has 0 bridgehead atoms. The van der Waals surface area contributed by atoms with Gasteiger partial charge in [-0.3, -0.25) is 0 Å². The molecule has 0 aliphatic heterocycles. The van der Waals surface area contributed by atoms with E-state index in [4.69, 9.17) is 5.73 Å². The van der Waals surface area contributed by atoms with Crippen LogP contribution in [0.2, 0.25) is 0 Å². The first-order valence-corrected chi connectivity index (χ1v) is 8.24. The Kier molecular flexibility index (Phi) is 4.32. The fourth-order valence-electron chi connectivity index (χ4n) is 5.30. The van der Waals surface area contributed by atoms with E-state index in [0.717, 1.165) is 6.54 Å². The average molecular weight is 266 g/mol. The maximum absolute atomic E-state index is 6.24. The van der Waals surface area contributed by atoms with E-state index < -0.39 is 0 Å². The van der Waals surface area contributed by atoms with Crippen molar-refractivity contribution in [3.05, 3.63) is 0 Å². The molecule has 2 heteroatoms. The van der Waals surface area contributed by atoms with Crippen LogP contribution in [-0.2, 0) is 0 Å². The first-order chi connectivity index (χ1) is 8.76. The molecule has 0 amide bonds. The molecule has 0 aromatic rings. The van der Waals surface area contributed by atoms with Gasteiger partial charge >= 0.3 is 0 Å². The minimum Gasteiger partial charge on any atom is -0.329 e. The van der Waals surface area contributed by atoms with Gasteiger partial charge in [-0.1, -0.05) is 47.0 Å². The molecule has 19 heavy (non-hydrogen) atoms. The zero-order valence-electron chi connectivity index (χ0n) is 13.5. The second-order valence-corrected chi connectivity index (χ2v) is 8.82. The highest BCUT2D eigenvalue weighted by atomic mass is 15.0. The monoisotopic (exact) mass is 266 g/mol. The Hall–Kier alpha value is -0.0800. The van der Waals surface area contributed by atoms with E-state index in [-0.39, 0.29) is 5.54 Å². The van der Waals surface area contributed by atoms with Crippen molar-refractivity contribution in [2.45, 2.75) is 90.6 Å². The van der Waals surface area contributed by atoms with Gasteiger partial charge < -0.3 is 11.1 Å². The van der Waals surface area contributed by atoms with E-state index in [1.165, 1.54) is 51.4 Å². The highest BCUT2D eigenvalue weighted by Gasteiger charge is 2.47. The van der Waals surface area contributed by atoms with Gasteiger partial charge in [0.15, 0.2) is 0 Å². The number of hydrogen-bond acceptors (Lipinski definition) is 2. The first kappa shape index (κ1) is 15.3. The second kappa shape index (κ2) is 5.37. The third-order valence-electron chi connectivity index (χ3n) is 5.10. The molecule has 0 aromatic carbocycles. The van der Waals surface area contributed by atoms with Crippen LogP contribution in [0.15, 0.2) is 0 Å². The molecule has 2 rings (SSSR count). The van der Waals surface area contributed by atoms with Crippen molar-refractivity contribution in [1.29, 1.82) is 0 Å². The summed E-state index contributed by atoms with van der Waals surface area (Å²) in [5.74, 6) is 0. The molecule has 2 saturated carbocycles. The maximum atomic E-state index is 6.24. The van der Waals surface area contributed by atoms with Gasteiger partial charge in [0.25, 0.3) is 0 Å². The number of rotatable bonds is 3. The van der Waals surface area contributed by atoms with Gasteiger partial charge in [0, 0.05) is 18.1 Å². The van der Waals surface area contributed by atoms with Gasteiger partial charge in [0.2, 0.25) is 0 Å². The molecule has 112 valence electrons. The molecular formula is C17H34N2. The van der Waals surface area contributed by atoms with Gasteiger partial charge in [-0.25, -0.2) is 0 Å². The quantitative estimate of drug-likeness (QED) is 0.814. The molecular weight excluding hydrogens is 232 g/mol. The Labute approximate surface area is 119 Å². The molecule has 0 heterocycles. The SMILES string of the molecule is CC1(C)CC(C)(C)CC(CN)(NC2CCCCC2)C1. The Balaban J connectivity index is 2.11. The minimum atomic E-state index is 0.174. The zero-order chi connectivity index (χ0) is 14.1. The van der Waals surface area contributed by atoms with Crippen LogP contribution in [0.5, 0.6) is 0 Å². The van der Waals surface area contributed by atoms with Crippen molar-refractivity contribution < 1.29 is 0 Å². The summed E-state index contributed by atoms with van der Waals surface area (Å²) in [6, 6.07) is 0.710. The Morgan fingerprint density at radius 2 is 1.42 bits per heavy atom. The van der Waals surface area contributed by atoms with Crippen LogP contribution in [0.1, 0.15) is 79.1 Å². The normalized spacial score (nSPS) is 30.2. The van der Waals surface area contributed by atoms with Crippen molar-refractivity contribution in [2.75, 3.05) is 6.54 Å². The molecule has 0 unspecified atom stereocenters. The van der Waals surface area contributed by atoms with E-state index in [1.54, 1.807) is 0 Å². The summed E-state index contributed by atoms with van der Waals surface area (Å²) in [6.07, 6.45) is 10.7. The van der Waals surface area contributed by atoms with Crippen molar-refractivity contribution in [1.82, 2.24) is 5.32 Å². The van der Waals surface area contributed by atoms with Crippen LogP contribution in [0.25, 0.3) is 0 Å². The highest BCUT2D eigenvalue weighted by molar-refractivity contribution is 5.04. The van der Waals surface area contributed by atoms with Gasteiger partial charge in [0.05, 0.1) is 0 Å². The Morgan fingerprint density at radius 3 is 1.89 bits per heavy atom. The van der Waals surface area contributed by atoms with Crippen molar-refractivity contribution in [3.63, 3.8) is 0 Å². The lowest BCUT2D eigenvalue weighted by Gasteiger charge is -2.53. The summed E-state index contributed by atoms with van der Waals surface area (Å²) < 4.78 is 0. The van der Waals surface area contributed by atoms with Gasteiger partial charge in [-0.15, -0.1) is 0 Å². The lowest BCUT2D eigenvalue weighted by atomic mass is 9.58. The summed E-state index contributed by atoms with van der Waals surface area (Å²) in [7, 11) is 0. The lowest BCUT2D eigenvalue weighted by Crippen LogP contribution is -2.61. The van der Waals surface area contributed by atoms with Crippen LogP contribution in [0, 0.1) is 10.8 Å². The largest absolute Gasteiger partial charge is 0.329 e. The first-order valence-electron chi connectivity index (χ1n) is 8.24. The fourth-order valence-corrected chi connectivity index (χ4v) is 5.30. The molecule has 0 atom stereocenters. The predicted octanol–water partition coefficient (Wildman–Crippen LogP) is 3.84. The maximum Gasteiger partial charge on any atom is 0.0316 e. The van der Waals surface area contributed by atoms with Crippen molar-refractivity contribution in [2.24, 2.45) is 16.6 Å². The van der Waals surface area contributed by atoms with Crippen LogP contribution < -0.4 is 11.1 Å². The third kappa shape index (κ3) is 3.95. The van der Waals surface area contributed by atoms with E-state index in [9.17, 15) is 0 Å². The second-order valence-electron chi connectivity index (χ2n) is 8.82. The molecule has 3 N–H and O–H groups in total. The van der Waals surface area contributed by atoms with Crippen molar-refractivity contribution >= 4 is 0 Å². The molecule has 0 spiro atoms. The third-order valence-corrected chi connectivity index (χ3v) is 5.10. The minimum absolute atomic E-state index is 0.174. The summed E-state index contributed by atoms with van der Waals surface area (Å²) >= 11 is 0. The van der Waals surface area contributed by atoms with E-state index >= 15 is 0 Å². The van der Waals surface area contributed by atoms with Gasteiger partial charge in [-0.2, -0.15) is 0 Å². The van der Waals surface area contributed by atoms with Crippen molar-refractivity contribution in [3.8, 4) is 0 Å². The standard InChI is InChI=1S/C17H34N2/c1-15(2)10-16(3,4)12-17(11-15,13-18)19-14-8-6-5-7-9-14/h14,19H,5-13,18H2,1-4H3. The summed E-state index contributed by atoms with van der Waals surface area (Å²) in [5.41, 5.74) is 7.22. The Bertz CT molecular complexity index is 284. The Morgan fingerprint density at radius 1 is 0.895 bits per heavy atom. The molecule has 2 nitrogen and oxygen atoms in total. The predicted molar refractivity (Wildman–Crippen MR) is 83.2 cm³/mol. The topological polar surface area (TPSA) is 38.0 Å². The van der Waals surface area contributed by atoms with Crippen LogP contribution in [-0.4, -0.2) is 18.1 Å². The number of hydrogen-bond donors (Lipinski definition) is 2. The smallest absolute Gasteiger partial charge is 0.0316 e. The van der Waals surface area contributed by atoms with E-state index in [1.807, 2.05) is 0 Å². The molecule has 2 aliphatic carbocycles. The highest BCUT2D eigenvalue weighted by Crippen LogP contribution is 2.50. The zero-order valence-corrected chi connectivity index (χ0v) is 13.5. The molecule has 2 fully saturated rings. The van der Waals surface area contributed by atoms with E-state index in [0.29, 0.717) is 16.9 Å². The molecule has 0 radical (unpaired) electrons. The molecule has 0 saturated heterocycles. The molecule has 0 aromatic heterocycles. The number of nitrogens with two attached hydrogens (primary N) is 1. The summed E-state index contributed by atoms with van der Waals surface area (Å²) in [6.45, 7) is 10.5. The van der Waals surface area contributed by atoms with Crippen LogP contribution >= 0.6 is 0 Å². The fraction of sp³-hybridized carbons (Fsp3) is 1.00. The number of nitrogens with one attached hydrogen (secondary N) is 1. The molecule has 2 aliphatic rings. The van der Waals surface area contributed by atoms with Crippen LogP contribution in [0.3, 0.4) is 0 Å². The average Bonchev–Trinajstić information content (AvgIpc) is 2.26. The van der Waals surface area contributed by atoms with Gasteiger partial charge in [-0.05, 0) is 42.9 Å². The van der Waals surface area contributed by atoms with E-state index in [2.05, 4.69) is 33.0 Å².